The van der Waals surface area contributed by atoms with E-state index < -0.39 is 10.0 Å². The molecule has 0 fully saturated rings. The monoisotopic (exact) mass is 285 g/mol. The fourth-order valence-corrected chi connectivity index (χ4v) is 3.69. The first-order chi connectivity index (χ1) is 8.95. The molecular weight excluding hydrogens is 262 g/mol. The first kappa shape index (κ1) is 15.9. The summed E-state index contributed by atoms with van der Waals surface area (Å²) in [5.74, 6) is 0. The molecule has 5 nitrogen and oxygen atoms in total. The number of hydrogen-bond acceptors (Lipinski definition) is 4. The third-order valence-electron chi connectivity index (χ3n) is 2.82. The molecule has 0 aliphatic carbocycles. The van der Waals surface area contributed by atoms with Crippen molar-refractivity contribution in [2.75, 3.05) is 18.4 Å². The standard InChI is InChI=1S/C13H23N3O2S/c1-5-8-15-12-7-9-14-10-13(12)19(17,18)16(6-2)11(3)4/h7,9-11H,5-6,8H2,1-4H3,(H,14,15). The van der Waals surface area contributed by atoms with Crippen LogP contribution in [0.4, 0.5) is 5.69 Å². The number of nitrogens with zero attached hydrogens (tertiary/aromatic N) is 2. The van der Waals surface area contributed by atoms with Gasteiger partial charge in [-0.2, -0.15) is 4.31 Å². The van der Waals surface area contributed by atoms with Crippen LogP contribution in [0.15, 0.2) is 23.4 Å². The summed E-state index contributed by atoms with van der Waals surface area (Å²) in [6.07, 6.45) is 3.95. The normalized spacial score (nSPS) is 12.1. The molecular formula is C13H23N3O2S. The number of aromatic nitrogens is 1. The molecule has 0 radical (unpaired) electrons. The molecule has 0 spiro atoms. The van der Waals surface area contributed by atoms with Gasteiger partial charge in [0, 0.05) is 31.5 Å². The van der Waals surface area contributed by atoms with Gasteiger partial charge in [-0.15, -0.1) is 0 Å². The number of anilines is 1. The highest BCUT2D eigenvalue weighted by molar-refractivity contribution is 7.89. The molecule has 108 valence electrons. The number of nitrogens with one attached hydrogen (secondary N) is 1. The third kappa shape index (κ3) is 3.67. The second kappa shape index (κ2) is 6.86. The summed E-state index contributed by atoms with van der Waals surface area (Å²) in [6, 6.07) is 1.63. The van der Waals surface area contributed by atoms with Crippen molar-refractivity contribution in [3.05, 3.63) is 18.5 Å². The molecule has 0 saturated heterocycles. The summed E-state index contributed by atoms with van der Waals surface area (Å²) in [5.41, 5.74) is 0.621. The van der Waals surface area contributed by atoms with Gasteiger partial charge in [0.1, 0.15) is 4.90 Å². The Morgan fingerprint density at radius 1 is 1.37 bits per heavy atom. The van der Waals surface area contributed by atoms with Crippen LogP contribution in [0.2, 0.25) is 0 Å². The zero-order chi connectivity index (χ0) is 14.5. The molecule has 19 heavy (non-hydrogen) atoms. The topological polar surface area (TPSA) is 62.3 Å². The predicted octanol–water partition coefficient (Wildman–Crippen LogP) is 2.32. The lowest BCUT2D eigenvalue weighted by atomic mass is 10.4. The van der Waals surface area contributed by atoms with E-state index in [2.05, 4.69) is 10.3 Å². The molecule has 0 atom stereocenters. The Morgan fingerprint density at radius 3 is 2.58 bits per heavy atom. The van der Waals surface area contributed by atoms with E-state index in [-0.39, 0.29) is 10.9 Å². The molecule has 1 aromatic rings. The first-order valence-corrected chi connectivity index (χ1v) is 8.08. The third-order valence-corrected chi connectivity index (χ3v) is 5.00. The molecule has 1 aromatic heterocycles. The minimum atomic E-state index is -3.50. The van der Waals surface area contributed by atoms with Crippen molar-refractivity contribution < 1.29 is 8.42 Å². The van der Waals surface area contributed by atoms with Crippen LogP contribution in [0, 0.1) is 0 Å². The minimum Gasteiger partial charge on any atom is -0.384 e. The van der Waals surface area contributed by atoms with Crippen LogP contribution in [0.25, 0.3) is 0 Å². The van der Waals surface area contributed by atoms with Gasteiger partial charge in [-0.05, 0) is 26.3 Å². The molecule has 1 N–H and O–H groups in total. The van der Waals surface area contributed by atoms with Crippen LogP contribution in [0.5, 0.6) is 0 Å². The Morgan fingerprint density at radius 2 is 2.05 bits per heavy atom. The van der Waals surface area contributed by atoms with Crippen LogP contribution in [0.3, 0.4) is 0 Å². The number of rotatable bonds is 7. The number of hydrogen-bond donors (Lipinski definition) is 1. The van der Waals surface area contributed by atoms with Gasteiger partial charge in [0.05, 0.1) is 5.69 Å². The Kier molecular flexibility index (Phi) is 5.75. The lowest BCUT2D eigenvalue weighted by molar-refractivity contribution is 0.369. The van der Waals surface area contributed by atoms with E-state index in [0.717, 1.165) is 13.0 Å². The summed E-state index contributed by atoms with van der Waals surface area (Å²) >= 11 is 0. The highest BCUT2D eigenvalue weighted by Crippen LogP contribution is 2.24. The summed E-state index contributed by atoms with van der Waals surface area (Å²) in [7, 11) is -3.50. The van der Waals surface area contributed by atoms with E-state index in [0.29, 0.717) is 12.2 Å². The smallest absolute Gasteiger partial charge is 0.246 e. The average molecular weight is 285 g/mol. The molecule has 0 aliphatic heterocycles. The van der Waals surface area contributed by atoms with E-state index in [1.807, 2.05) is 27.7 Å². The van der Waals surface area contributed by atoms with Crippen LogP contribution < -0.4 is 5.32 Å². The van der Waals surface area contributed by atoms with Gasteiger partial charge in [-0.3, -0.25) is 4.98 Å². The fraction of sp³-hybridized carbons (Fsp3) is 0.615. The van der Waals surface area contributed by atoms with Gasteiger partial charge in [-0.25, -0.2) is 8.42 Å². The Labute approximate surface area is 116 Å². The molecule has 0 unspecified atom stereocenters. The van der Waals surface area contributed by atoms with Crippen molar-refractivity contribution in [2.24, 2.45) is 0 Å². The lowest BCUT2D eigenvalue weighted by Gasteiger charge is -2.25. The van der Waals surface area contributed by atoms with Crippen molar-refractivity contribution >= 4 is 15.7 Å². The highest BCUT2D eigenvalue weighted by atomic mass is 32.2. The maximum absolute atomic E-state index is 12.6. The Bertz CT molecular complexity index is 500. The zero-order valence-corrected chi connectivity index (χ0v) is 12.9. The maximum atomic E-state index is 12.6. The largest absolute Gasteiger partial charge is 0.384 e. The molecule has 0 bridgehead atoms. The van der Waals surface area contributed by atoms with Crippen molar-refractivity contribution in [1.82, 2.24) is 9.29 Å². The quantitative estimate of drug-likeness (QED) is 0.835. The fourth-order valence-electron chi connectivity index (χ4n) is 1.93. The average Bonchev–Trinajstić information content (AvgIpc) is 2.36. The second-order valence-electron chi connectivity index (χ2n) is 4.60. The summed E-state index contributed by atoms with van der Waals surface area (Å²) < 4.78 is 26.7. The van der Waals surface area contributed by atoms with E-state index in [4.69, 9.17) is 0 Å². The van der Waals surface area contributed by atoms with Gasteiger partial charge in [0.2, 0.25) is 10.0 Å². The molecule has 1 rings (SSSR count). The second-order valence-corrected chi connectivity index (χ2v) is 6.46. The summed E-state index contributed by atoms with van der Waals surface area (Å²) in [4.78, 5) is 4.20. The maximum Gasteiger partial charge on any atom is 0.246 e. The van der Waals surface area contributed by atoms with Crippen LogP contribution in [0.1, 0.15) is 34.1 Å². The molecule has 6 heteroatoms. The highest BCUT2D eigenvalue weighted by Gasteiger charge is 2.28. The van der Waals surface area contributed by atoms with E-state index in [1.165, 1.54) is 10.5 Å². The summed E-state index contributed by atoms with van der Waals surface area (Å²) in [5, 5.41) is 3.14. The van der Waals surface area contributed by atoms with Crippen LogP contribution >= 0.6 is 0 Å². The van der Waals surface area contributed by atoms with Gasteiger partial charge in [-0.1, -0.05) is 13.8 Å². The van der Waals surface area contributed by atoms with Gasteiger partial charge in [0.25, 0.3) is 0 Å². The molecule has 0 aliphatic rings. The molecule has 0 saturated carbocycles. The van der Waals surface area contributed by atoms with E-state index in [9.17, 15) is 8.42 Å². The van der Waals surface area contributed by atoms with Crippen LogP contribution in [-0.4, -0.2) is 36.8 Å². The first-order valence-electron chi connectivity index (χ1n) is 6.64. The minimum absolute atomic E-state index is 0.0748. The number of pyridine rings is 1. The lowest BCUT2D eigenvalue weighted by Crippen LogP contribution is -2.37. The molecule has 1 heterocycles. The van der Waals surface area contributed by atoms with Gasteiger partial charge in [0.15, 0.2) is 0 Å². The van der Waals surface area contributed by atoms with Crippen molar-refractivity contribution in [3.8, 4) is 0 Å². The number of sulfonamides is 1. The molecule has 0 aromatic carbocycles. The zero-order valence-electron chi connectivity index (χ0n) is 12.0. The van der Waals surface area contributed by atoms with Crippen molar-refractivity contribution in [2.45, 2.75) is 45.1 Å². The van der Waals surface area contributed by atoms with Gasteiger partial charge < -0.3 is 5.32 Å². The van der Waals surface area contributed by atoms with E-state index >= 15 is 0 Å². The SMILES string of the molecule is CCCNc1ccncc1S(=O)(=O)N(CC)C(C)C. The van der Waals surface area contributed by atoms with Crippen molar-refractivity contribution in [3.63, 3.8) is 0 Å². The Balaban J connectivity index is 3.20. The molecule has 0 amide bonds. The summed E-state index contributed by atoms with van der Waals surface area (Å²) in [6.45, 7) is 8.80. The van der Waals surface area contributed by atoms with Crippen molar-refractivity contribution in [1.29, 1.82) is 0 Å². The van der Waals surface area contributed by atoms with Gasteiger partial charge >= 0.3 is 0 Å². The van der Waals surface area contributed by atoms with E-state index in [1.54, 1.807) is 12.3 Å². The van der Waals surface area contributed by atoms with Crippen LogP contribution in [-0.2, 0) is 10.0 Å². The Hall–Kier alpha value is -1.14. The predicted molar refractivity (Wildman–Crippen MR) is 77.7 cm³/mol.